The molecule has 5 heteroatoms. The third-order valence-electron chi connectivity index (χ3n) is 3.88. The minimum Gasteiger partial charge on any atom is -0.378 e. The van der Waals surface area contributed by atoms with Crippen molar-refractivity contribution in [1.29, 1.82) is 0 Å². The van der Waals surface area contributed by atoms with Crippen LogP contribution in [0.4, 0.5) is 0 Å². The molecular weight excluding hydrogens is 252 g/mol. The van der Waals surface area contributed by atoms with Crippen LogP contribution in [0.1, 0.15) is 58.3 Å². The lowest BCUT2D eigenvalue weighted by molar-refractivity contribution is 0.00518. The first-order valence-corrected chi connectivity index (χ1v) is 7.94. The molecule has 2 rings (SSSR count). The van der Waals surface area contributed by atoms with Gasteiger partial charge < -0.3 is 10.1 Å². The Kier molecular flexibility index (Phi) is 5.98. The van der Waals surface area contributed by atoms with Crippen LogP contribution in [0.2, 0.25) is 0 Å². The molecule has 0 spiro atoms. The summed E-state index contributed by atoms with van der Waals surface area (Å²) in [6.45, 7) is 8.34. The van der Waals surface area contributed by atoms with E-state index in [1.54, 1.807) is 6.33 Å². The summed E-state index contributed by atoms with van der Waals surface area (Å²) in [5.74, 6) is 1.07. The molecule has 1 aliphatic heterocycles. The number of ether oxygens (including phenoxy) is 1. The Morgan fingerprint density at radius 3 is 2.95 bits per heavy atom. The summed E-state index contributed by atoms with van der Waals surface area (Å²) in [5.41, 5.74) is 0. The quantitative estimate of drug-likeness (QED) is 0.833. The summed E-state index contributed by atoms with van der Waals surface area (Å²) in [6.07, 6.45) is 7.76. The lowest BCUT2D eigenvalue weighted by Gasteiger charge is -2.27. The highest BCUT2D eigenvalue weighted by Gasteiger charge is 2.21. The predicted octanol–water partition coefficient (Wildman–Crippen LogP) is 2.34. The molecular formula is C15H28N4O. The summed E-state index contributed by atoms with van der Waals surface area (Å²) >= 11 is 0. The van der Waals surface area contributed by atoms with Gasteiger partial charge in [-0.25, -0.2) is 9.67 Å². The SMILES string of the molecule is CCNC(Cc1ncnn1C(C)C)CC1CCCCO1. The van der Waals surface area contributed by atoms with Gasteiger partial charge >= 0.3 is 0 Å². The summed E-state index contributed by atoms with van der Waals surface area (Å²) in [5, 5.41) is 7.90. The lowest BCUT2D eigenvalue weighted by atomic mass is 9.99. The van der Waals surface area contributed by atoms with E-state index in [1.807, 2.05) is 4.68 Å². The second-order valence-corrected chi connectivity index (χ2v) is 5.90. The van der Waals surface area contributed by atoms with Crippen LogP contribution in [0.5, 0.6) is 0 Å². The average molecular weight is 280 g/mol. The molecule has 1 aromatic rings. The predicted molar refractivity (Wildman–Crippen MR) is 79.8 cm³/mol. The topological polar surface area (TPSA) is 52.0 Å². The number of aromatic nitrogens is 3. The molecule has 2 atom stereocenters. The first-order valence-electron chi connectivity index (χ1n) is 7.94. The standard InChI is InChI=1S/C15H28N4O/c1-4-16-13(9-14-7-5-6-8-20-14)10-15-17-11-18-19(15)12(2)3/h11-14,16H,4-10H2,1-3H3. The summed E-state index contributed by atoms with van der Waals surface area (Å²) < 4.78 is 7.89. The third kappa shape index (κ3) is 4.28. The Hall–Kier alpha value is -0.940. The minimum atomic E-state index is 0.362. The van der Waals surface area contributed by atoms with Crippen LogP contribution in [0.15, 0.2) is 6.33 Å². The monoisotopic (exact) mass is 280 g/mol. The van der Waals surface area contributed by atoms with Gasteiger partial charge in [-0.3, -0.25) is 0 Å². The molecule has 1 fully saturated rings. The zero-order valence-electron chi connectivity index (χ0n) is 13.0. The van der Waals surface area contributed by atoms with Crippen LogP contribution in [-0.4, -0.2) is 40.1 Å². The van der Waals surface area contributed by atoms with Crippen molar-refractivity contribution in [2.75, 3.05) is 13.2 Å². The Balaban J connectivity index is 1.95. The fourth-order valence-electron chi connectivity index (χ4n) is 2.91. The molecule has 0 aromatic carbocycles. The first kappa shape index (κ1) is 15.4. The van der Waals surface area contributed by atoms with E-state index in [1.165, 1.54) is 19.3 Å². The van der Waals surface area contributed by atoms with Gasteiger partial charge in [0, 0.05) is 25.1 Å². The molecule has 5 nitrogen and oxygen atoms in total. The second-order valence-electron chi connectivity index (χ2n) is 5.90. The van der Waals surface area contributed by atoms with Gasteiger partial charge in [-0.2, -0.15) is 5.10 Å². The van der Waals surface area contributed by atoms with Crippen molar-refractivity contribution < 1.29 is 4.74 Å². The molecule has 114 valence electrons. The molecule has 0 saturated carbocycles. The largest absolute Gasteiger partial charge is 0.378 e. The molecule has 0 aliphatic carbocycles. The van der Waals surface area contributed by atoms with Gasteiger partial charge in [0.05, 0.1) is 6.10 Å². The van der Waals surface area contributed by atoms with Gasteiger partial charge in [-0.15, -0.1) is 0 Å². The van der Waals surface area contributed by atoms with Crippen LogP contribution in [-0.2, 0) is 11.2 Å². The van der Waals surface area contributed by atoms with Crippen molar-refractivity contribution >= 4 is 0 Å². The number of nitrogens with one attached hydrogen (secondary N) is 1. The molecule has 20 heavy (non-hydrogen) atoms. The van der Waals surface area contributed by atoms with Gasteiger partial charge in [0.25, 0.3) is 0 Å². The summed E-state index contributed by atoms with van der Waals surface area (Å²) in [7, 11) is 0. The fourth-order valence-corrected chi connectivity index (χ4v) is 2.91. The number of hydrogen-bond donors (Lipinski definition) is 1. The van der Waals surface area contributed by atoms with Crippen molar-refractivity contribution in [3.05, 3.63) is 12.2 Å². The van der Waals surface area contributed by atoms with Gasteiger partial charge in [-0.1, -0.05) is 6.92 Å². The van der Waals surface area contributed by atoms with Gasteiger partial charge in [-0.05, 0) is 46.1 Å². The second kappa shape index (κ2) is 7.74. The number of likely N-dealkylation sites (N-methyl/N-ethyl adjacent to an activating group) is 1. The molecule has 2 heterocycles. The van der Waals surface area contributed by atoms with Crippen molar-refractivity contribution in [1.82, 2.24) is 20.1 Å². The smallest absolute Gasteiger partial charge is 0.138 e. The zero-order valence-corrected chi connectivity index (χ0v) is 13.0. The molecule has 2 unspecified atom stereocenters. The van der Waals surface area contributed by atoms with E-state index in [2.05, 4.69) is 36.2 Å². The van der Waals surface area contributed by atoms with E-state index in [0.717, 1.165) is 31.8 Å². The van der Waals surface area contributed by atoms with Gasteiger partial charge in [0.1, 0.15) is 12.2 Å². The van der Waals surface area contributed by atoms with Crippen molar-refractivity contribution in [3.63, 3.8) is 0 Å². The van der Waals surface area contributed by atoms with Crippen molar-refractivity contribution in [2.45, 2.75) is 71.1 Å². The molecule has 0 amide bonds. The average Bonchev–Trinajstić information content (AvgIpc) is 2.88. The Morgan fingerprint density at radius 2 is 2.30 bits per heavy atom. The summed E-state index contributed by atoms with van der Waals surface area (Å²) in [6, 6.07) is 0.783. The zero-order chi connectivity index (χ0) is 14.4. The van der Waals surface area contributed by atoms with E-state index < -0.39 is 0 Å². The highest BCUT2D eigenvalue weighted by atomic mass is 16.5. The molecule has 1 N–H and O–H groups in total. The lowest BCUT2D eigenvalue weighted by Crippen LogP contribution is -2.37. The third-order valence-corrected chi connectivity index (χ3v) is 3.88. The van der Waals surface area contributed by atoms with E-state index in [4.69, 9.17) is 4.74 Å². The number of nitrogens with zero attached hydrogens (tertiary/aromatic N) is 3. The number of rotatable bonds is 7. The number of hydrogen-bond acceptors (Lipinski definition) is 4. The molecule has 0 bridgehead atoms. The van der Waals surface area contributed by atoms with Crippen molar-refractivity contribution in [3.8, 4) is 0 Å². The molecule has 1 saturated heterocycles. The van der Waals surface area contributed by atoms with Crippen LogP contribution >= 0.6 is 0 Å². The van der Waals surface area contributed by atoms with Crippen LogP contribution < -0.4 is 5.32 Å². The van der Waals surface area contributed by atoms with E-state index in [-0.39, 0.29) is 0 Å². The normalized spacial score (nSPS) is 21.3. The molecule has 1 aliphatic rings. The minimum absolute atomic E-state index is 0.362. The van der Waals surface area contributed by atoms with Gasteiger partial charge in [0.2, 0.25) is 0 Å². The molecule has 0 radical (unpaired) electrons. The van der Waals surface area contributed by atoms with Gasteiger partial charge in [0.15, 0.2) is 0 Å². The maximum atomic E-state index is 5.87. The van der Waals surface area contributed by atoms with E-state index in [9.17, 15) is 0 Å². The van der Waals surface area contributed by atoms with E-state index in [0.29, 0.717) is 18.2 Å². The Morgan fingerprint density at radius 1 is 1.45 bits per heavy atom. The first-order chi connectivity index (χ1) is 9.70. The maximum Gasteiger partial charge on any atom is 0.138 e. The van der Waals surface area contributed by atoms with Crippen LogP contribution in [0, 0.1) is 0 Å². The Bertz CT molecular complexity index is 385. The highest BCUT2D eigenvalue weighted by Crippen LogP contribution is 2.19. The van der Waals surface area contributed by atoms with Crippen molar-refractivity contribution in [2.24, 2.45) is 0 Å². The fraction of sp³-hybridized carbons (Fsp3) is 0.867. The Labute approximate surface area is 122 Å². The van der Waals surface area contributed by atoms with Crippen LogP contribution in [0.3, 0.4) is 0 Å². The van der Waals surface area contributed by atoms with Crippen LogP contribution in [0.25, 0.3) is 0 Å². The summed E-state index contributed by atoms with van der Waals surface area (Å²) in [4.78, 5) is 4.42. The van der Waals surface area contributed by atoms with E-state index >= 15 is 0 Å². The highest BCUT2D eigenvalue weighted by molar-refractivity contribution is 4.92. The molecule has 1 aromatic heterocycles. The maximum absolute atomic E-state index is 5.87.